The van der Waals surface area contributed by atoms with E-state index in [1.165, 1.54) is 0 Å². The average Bonchev–Trinajstić information content (AvgIpc) is 2.71. The molecule has 0 saturated heterocycles. The van der Waals surface area contributed by atoms with Gasteiger partial charge in [0.1, 0.15) is 5.82 Å². The highest BCUT2D eigenvalue weighted by molar-refractivity contribution is 6.31. The smallest absolute Gasteiger partial charge is 0.253 e. The van der Waals surface area contributed by atoms with Gasteiger partial charge in [0.25, 0.3) is 5.56 Å². The van der Waals surface area contributed by atoms with Crippen LogP contribution in [0.4, 0.5) is 17.2 Å². The van der Waals surface area contributed by atoms with Crippen molar-refractivity contribution in [3.05, 3.63) is 57.5 Å². The summed E-state index contributed by atoms with van der Waals surface area (Å²) < 4.78 is 0. The molecule has 1 aliphatic heterocycles. The van der Waals surface area contributed by atoms with Crippen LogP contribution in [-0.4, -0.2) is 36.0 Å². The molecule has 162 valence electrons. The van der Waals surface area contributed by atoms with Crippen molar-refractivity contribution < 1.29 is 4.79 Å². The number of carbonyl (C=O) groups is 1. The van der Waals surface area contributed by atoms with Gasteiger partial charge in [-0.25, -0.2) is 4.98 Å². The molecular formula is C23H26ClN5O2. The molecule has 31 heavy (non-hydrogen) atoms. The fourth-order valence-corrected chi connectivity index (χ4v) is 4.12. The van der Waals surface area contributed by atoms with E-state index in [9.17, 15) is 9.59 Å². The summed E-state index contributed by atoms with van der Waals surface area (Å²) in [7, 11) is 1.77. The van der Waals surface area contributed by atoms with E-state index in [1.54, 1.807) is 30.3 Å². The minimum absolute atomic E-state index is 0.0467. The Bertz CT molecular complexity index is 1210. The number of rotatable bonds is 5. The van der Waals surface area contributed by atoms with Crippen molar-refractivity contribution in [1.29, 1.82) is 0 Å². The van der Waals surface area contributed by atoms with Crippen molar-refractivity contribution >= 4 is 45.6 Å². The highest BCUT2D eigenvalue weighted by Crippen LogP contribution is 2.35. The first-order chi connectivity index (χ1) is 14.7. The van der Waals surface area contributed by atoms with Gasteiger partial charge in [-0.15, -0.1) is 0 Å². The van der Waals surface area contributed by atoms with Gasteiger partial charge < -0.3 is 20.1 Å². The molecule has 2 aromatic heterocycles. The summed E-state index contributed by atoms with van der Waals surface area (Å²) in [6, 6.07) is 8.91. The molecule has 7 nitrogen and oxygen atoms in total. The van der Waals surface area contributed by atoms with E-state index in [0.29, 0.717) is 28.9 Å². The molecule has 0 bridgehead atoms. The van der Waals surface area contributed by atoms with Crippen LogP contribution in [-0.2, 0) is 4.79 Å². The number of aromatic nitrogens is 2. The van der Waals surface area contributed by atoms with Crippen molar-refractivity contribution in [3.63, 3.8) is 0 Å². The molecule has 0 saturated carbocycles. The SMILES string of the molecule is CC(C)CN1CC(=O)N(C)c2cnc(NC(C)c3cc4cc(Cl)ccc4[nH]c3=O)cc21. The number of halogens is 1. The summed E-state index contributed by atoms with van der Waals surface area (Å²) in [6.45, 7) is 7.29. The number of nitrogens with zero attached hydrogens (tertiary/aromatic N) is 3. The van der Waals surface area contributed by atoms with Crippen LogP contribution in [0, 0.1) is 5.92 Å². The summed E-state index contributed by atoms with van der Waals surface area (Å²) in [5.41, 5.74) is 2.93. The van der Waals surface area contributed by atoms with Crippen LogP contribution in [0.15, 0.2) is 41.3 Å². The fourth-order valence-electron chi connectivity index (χ4n) is 3.94. The molecule has 1 aliphatic rings. The Balaban J connectivity index is 1.65. The molecule has 3 heterocycles. The van der Waals surface area contributed by atoms with Crippen LogP contribution in [0.1, 0.15) is 32.4 Å². The Morgan fingerprint density at radius 1 is 1.16 bits per heavy atom. The van der Waals surface area contributed by atoms with Gasteiger partial charge in [0.15, 0.2) is 0 Å². The lowest BCUT2D eigenvalue weighted by molar-refractivity contribution is -0.117. The van der Waals surface area contributed by atoms with E-state index >= 15 is 0 Å². The molecule has 0 spiro atoms. The van der Waals surface area contributed by atoms with Gasteiger partial charge in [0.2, 0.25) is 5.91 Å². The van der Waals surface area contributed by atoms with Gasteiger partial charge in [-0.05, 0) is 37.1 Å². The third-order valence-electron chi connectivity index (χ3n) is 5.52. The Morgan fingerprint density at radius 3 is 2.68 bits per heavy atom. The van der Waals surface area contributed by atoms with Crippen LogP contribution in [0.3, 0.4) is 0 Å². The number of hydrogen-bond acceptors (Lipinski definition) is 5. The third-order valence-corrected chi connectivity index (χ3v) is 5.75. The molecule has 0 aliphatic carbocycles. The summed E-state index contributed by atoms with van der Waals surface area (Å²) in [5.74, 6) is 1.11. The number of pyridine rings is 2. The fraction of sp³-hybridized carbons (Fsp3) is 0.348. The zero-order chi connectivity index (χ0) is 22.3. The standard InChI is InChI=1S/C23H26ClN5O2/c1-13(2)11-29-12-22(30)28(4)20-10-25-21(9-19(20)29)26-14(3)17-8-15-7-16(24)5-6-18(15)27-23(17)31/h5-10,13-14H,11-12H2,1-4H3,(H,25,26)(H,27,31). The molecule has 1 aromatic carbocycles. The zero-order valence-corrected chi connectivity index (χ0v) is 18.8. The molecule has 4 rings (SSSR count). The molecule has 0 radical (unpaired) electrons. The van der Waals surface area contributed by atoms with Gasteiger partial charge in [0.05, 0.1) is 30.2 Å². The highest BCUT2D eigenvalue weighted by atomic mass is 35.5. The first-order valence-corrected chi connectivity index (χ1v) is 10.7. The normalized spacial score (nSPS) is 14.8. The Hall–Kier alpha value is -3.06. The second kappa shape index (κ2) is 8.23. The van der Waals surface area contributed by atoms with Crippen LogP contribution in [0.25, 0.3) is 10.9 Å². The Kier molecular flexibility index (Phi) is 5.62. The molecule has 3 aromatic rings. The molecule has 1 amide bonds. The number of aromatic amines is 1. The van der Waals surface area contributed by atoms with Gasteiger partial charge in [-0.2, -0.15) is 0 Å². The Labute approximate surface area is 186 Å². The van der Waals surface area contributed by atoms with Gasteiger partial charge in [-0.1, -0.05) is 25.4 Å². The maximum Gasteiger partial charge on any atom is 0.253 e. The van der Waals surface area contributed by atoms with Crippen molar-refractivity contribution in [1.82, 2.24) is 9.97 Å². The third kappa shape index (κ3) is 4.23. The van der Waals surface area contributed by atoms with Crippen molar-refractivity contribution in [2.24, 2.45) is 5.92 Å². The van der Waals surface area contributed by atoms with E-state index < -0.39 is 0 Å². The minimum Gasteiger partial charge on any atom is -0.363 e. The second-order valence-corrected chi connectivity index (χ2v) is 8.87. The number of nitrogens with one attached hydrogen (secondary N) is 2. The first kappa shape index (κ1) is 21.2. The van der Waals surface area contributed by atoms with Crippen molar-refractivity contribution in [2.45, 2.75) is 26.8 Å². The number of fused-ring (bicyclic) bond motifs is 2. The van der Waals surface area contributed by atoms with E-state index in [-0.39, 0.29) is 17.5 Å². The number of hydrogen-bond donors (Lipinski definition) is 2. The van der Waals surface area contributed by atoms with Crippen LogP contribution in [0.2, 0.25) is 5.02 Å². The minimum atomic E-state index is -0.279. The van der Waals surface area contributed by atoms with Crippen LogP contribution < -0.4 is 20.7 Å². The maximum absolute atomic E-state index is 12.6. The largest absolute Gasteiger partial charge is 0.363 e. The van der Waals surface area contributed by atoms with Gasteiger partial charge in [0, 0.05) is 41.1 Å². The predicted molar refractivity (Wildman–Crippen MR) is 126 cm³/mol. The number of benzene rings is 1. The molecular weight excluding hydrogens is 414 g/mol. The van der Waals surface area contributed by atoms with Gasteiger partial charge in [-0.3, -0.25) is 9.59 Å². The van der Waals surface area contributed by atoms with Crippen molar-refractivity contribution in [3.8, 4) is 0 Å². The predicted octanol–water partition coefficient (Wildman–Crippen LogP) is 4.19. The Morgan fingerprint density at radius 2 is 1.94 bits per heavy atom. The maximum atomic E-state index is 12.6. The first-order valence-electron chi connectivity index (χ1n) is 10.3. The highest BCUT2D eigenvalue weighted by Gasteiger charge is 2.28. The summed E-state index contributed by atoms with van der Waals surface area (Å²) in [5, 5.41) is 4.82. The quantitative estimate of drug-likeness (QED) is 0.623. The summed E-state index contributed by atoms with van der Waals surface area (Å²) in [6.07, 6.45) is 1.71. The van der Waals surface area contributed by atoms with E-state index in [0.717, 1.165) is 28.8 Å². The number of likely N-dealkylation sites (N-methyl/N-ethyl adjacent to an activating group) is 1. The number of anilines is 3. The molecule has 1 unspecified atom stereocenters. The second-order valence-electron chi connectivity index (χ2n) is 8.44. The van der Waals surface area contributed by atoms with E-state index in [4.69, 9.17) is 11.6 Å². The average molecular weight is 440 g/mol. The van der Waals surface area contributed by atoms with Crippen LogP contribution >= 0.6 is 11.6 Å². The number of H-pyrrole nitrogens is 1. The topological polar surface area (TPSA) is 81.3 Å². The molecule has 8 heteroatoms. The summed E-state index contributed by atoms with van der Waals surface area (Å²) in [4.78, 5) is 36.1. The van der Waals surface area contributed by atoms with Gasteiger partial charge >= 0.3 is 0 Å². The van der Waals surface area contributed by atoms with E-state index in [1.807, 2.05) is 25.1 Å². The molecule has 1 atom stereocenters. The molecule has 2 N–H and O–H groups in total. The van der Waals surface area contributed by atoms with Crippen LogP contribution in [0.5, 0.6) is 0 Å². The lowest BCUT2D eigenvalue weighted by Crippen LogP contribution is -2.45. The lowest BCUT2D eigenvalue weighted by Gasteiger charge is -2.36. The zero-order valence-electron chi connectivity index (χ0n) is 18.1. The molecule has 0 fully saturated rings. The number of amides is 1. The van der Waals surface area contributed by atoms with E-state index in [2.05, 4.69) is 34.0 Å². The summed E-state index contributed by atoms with van der Waals surface area (Å²) >= 11 is 6.11. The number of carbonyl (C=O) groups excluding carboxylic acids is 1. The lowest BCUT2D eigenvalue weighted by atomic mass is 10.1. The monoisotopic (exact) mass is 439 g/mol. The van der Waals surface area contributed by atoms with Crippen molar-refractivity contribution in [2.75, 3.05) is 35.3 Å².